The van der Waals surface area contributed by atoms with Crippen LogP contribution in [0.15, 0.2) is 73.1 Å². The minimum Gasteiger partial charge on any atom is -0.273 e. The third-order valence-corrected chi connectivity index (χ3v) is 4.19. The number of hydrogen-bond donors (Lipinski definition) is 1. The predicted molar refractivity (Wildman–Crippen MR) is 105 cm³/mol. The molecule has 0 bridgehead atoms. The minimum absolute atomic E-state index is 0.105. The maximum atomic E-state index is 12.0. The highest BCUT2D eigenvalue weighted by atomic mass is 16.7. The number of amides is 1. The Hall–Kier alpha value is -3.05. The SMILES string of the molecule is CCCCC(=O)NOC(c1ccccc1)c1ccc(-c2ncccn2)cc1. The quantitative estimate of drug-likeness (QED) is 0.601. The maximum Gasteiger partial charge on any atom is 0.243 e. The lowest BCUT2D eigenvalue weighted by Crippen LogP contribution is -2.26. The first-order valence-corrected chi connectivity index (χ1v) is 9.14. The summed E-state index contributed by atoms with van der Waals surface area (Å²) in [7, 11) is 0. The summed E-state index contributed by atoms with van der Waals surface area (Å²) >= 11 is 0. The Bertz CT molecular complexity index is 836. The van der Waals surface area contributed by atoms with Crippen molar-refractivity contribution in [3.63, 3.8) is 0 Å². The Morgan fingerprint density at radius 2 is 1.63 bits per heavy atom. The lowest BCUT2D eigenvalue weighted by molar-refractivity contribution is -0.137. The van der Waals surface area contributed by atoms with Crippen LogP contribution < -0.4 is 5.48 Å². The monoisotopic (exact) mass is 361 g/mol. The number of nitrogens with zero attached hydrogens (tertiary/aromatic N) is 2. The molecule has 1 atom stereocenters. The van der Waals surface area contributed by atoms with Gasteiger partial charge in [-0.2, -0.15) is 0 Å². The molecule has 0 fully saturated rings. The lowest BCUT2D eigenvalue weighted by Gasteiger charge is -2.19. The van der Waals surface area contributed by atoms with Gasteiger partial charge in [-0.3, -0.25) is 9.63 Å². The molecule has 0 aliphatic rings. The second-order valence-electron chi connectivity index (χ2n) is 6.23. The van der Waals surface area contributed by atoms with Gasteiger partial charge < -0.3 is 0 Å². The van der Waals surface area contributed by atoms with Crippen molar-refractivity contribution in [1.82, 2.24) is 15.4 Å². The topological polar surface area (TPSA) is 64.1 Å². The van der Waals surface area contributed by atoms with Gasteiger partial charge in [0.25, 0.3) is 0 Å². The molecular weight excluding hydrogens is 338 g/mol. The molecule has 5 heteroatoms. The third-order valence-electron chi connectivity index (χ3n) is 4.19. The van der Waals surface area contributed by atoms with E-state index >= 15 is 0 Å². The van der Waals surface area contributed by atoms with Crippen molar-refractivity contribution in [2.75, 3.05) is 0 Å². The van der Waals surface area contributed by atoms with E-state index in [1.165, 1.54) is 0 Å². The molecule has 3 aromatic rings. The standard InChI is InChI=1S/C22H23N3O2/c1-2-3-10-20(26)25-27-21(17-8-5-4-6-9-17)18-11-13-19(14-12-18)22-23-15-7-16-24-22/h4-9,11-16,21H,2-3,10H2,1H3,(H,25,26). The highest BCUT2D eigenvalue weighted by Crippen LogP contribution is 2.27. The fourth-order valence-corrected chi connectivity index (χ4v) is 2.72. The number of hydrogen-bond acceptors (Lipinski definition) is 4. The van der Waals surface area contributed by atoms with E-state index in [0.717, 1.165) is 29.5 Å². The molecule has 138 valence electrons. The van der Waals surface area contributed by atoms with Crippen molar-refractivity contribution in [2.45, 2.75) is 32.3 Å². The first-order valence-electron chi connectivity index (χ1n) is 9.14. The first-order chi connectivity index (χ1) is 13.3. The summed E-state index contributed by atoms with van der Waals surface area (Å²) in [4.78, 5) is 26.3. The van der Waals surface area contributed by atoms with Gasteiger partial charge in [-0.05, 0) is 23.6 Å². The molecule has 1 heterocycles. The molecule has 0 saturated heterocycles. The van der Waals surface area contributed by atoms with Crippen LogP contribution in [0.5, 0.6) is 0 Å². The van der Waals surface area contributed by atoms with E-state index in [0.29, 0.717) is 12.2 Å². The maximum absolute atomic E-state index is 12.0. The van der Waals surface area contributed by atoms with Crippen molar-refractivity contribution in [3.8, 4) is 11.4 Å². The van der Waals surface area contributed by atoms with Crippen molar-refractivity contribution in [1.29, 1.82) is 0 Å². The molecule has 1 unspecified atom stereocenters. The van der Waals surface area contributed by atoms with Crippen LogP contribution in [-0.4, -0.2) is 15.9 Å². The number of carbonyl (C=O) groups excluding carboxylic acids is 1. The Morgan fingerprint density at radius 1 is 0.963 bits per heavy atom. The van der Waals surface area contributed by atoms with Crippen molar-refractivity contribution in [3.05, 3.63) is 84.2 Å². The molecule has 3 rings (SSSR count). The van der Waals surface area contributed by atoms with Crippen LogP contribution in [0, 0.1) is 0 Å². The summed E-state index contributed by atoms with van der Waals surface area (Å²) in [5.74, 6) is 0.571. The van der Waals surface area contributed by atoms with Crippen LogP contribution in [0.4, 0.5) is 0 Å². The molecule has 0 saturated carbocycles. The predicted octanol–water partition coefficient (Wildman–Crippen LogP) is 4.47. The fraction of sp³-hybridized carbons (Fsp3) is 0.227. The molecule has 0 radical (unpaired) electrons. The van der Waals surface area contributed by atoms with E-state index in [1.54, 1.807) is 18.5 Å². The summed E-state index contributed by atoms with van der Waals surface area (Å²) in [6.07, 6.45) is 5.33. The Balaban J connectivity index is 1.79. The van der Waals surface area contributed by atoms with E-state index in [4.69, 9.17) is 4.84 Å². The zero-order valence-corrected chi connectivity index (χ0v) is 15.3. The second kappa shape index (κ2) is 9.59. The van der Waals surface area contributed by atoms with E-state index in [1.807, 2.05) is 54.6 Å². The summed E-state index contributed by atoms with van der Waals surface area (Å²) in [6.45, 7) is 2.05. The molecule has 1 aromatic heterocycles. The third kappa shape index (κ3) is 5.21. The Labute approximate surface area is 159 Å². The van der Waals surface area contributed by atoms with Crippen molar-refractivity contribution < 1.29 is 9.63 Å². The van der Waals surface area contributed by atoms with Gasteiger partial charge >= 0.3 is 0 Å². The summed E-state index contributed by atoms with van der Waals surface area (Å²) in [5, 5.41) is 0. The van der Waals surface area contributed by atoms with Gasteiger partial charge in [-0.1, -0.05) is 67.9 Å². The van der Waals surface area contributed by atoms with Gasteiger partial charge in [0.05, 0.1) is 0 Å². The Kier molecular flexibility index (Phi) is 6.66. The normalized spacial score (nSPS) is 11.7. The van der Waals surface area contributed by atoms with E-state index < -0.39 is 0 Å². The van der Waals surface area contributed by atoms with Crippen molar-refractivity contribution >= 4 is 5.91 Å². The zero-order chi connectivity index (χ0) is 18.9. The number of unbranched alkanes of at least 4 members (excludes halogenated alkanes) is 1. The zero-order valence-electron chi connectivity index (χ0n) is 15.3. The molecule has 2 aromatic carbocycles. The molecular formula is C22H23N3O2. The molecule has 0 aliphatic heterocycles. The van der Waals surface area contributed by atoms with Crippen LogP contribution in [-0.2, 0) is 9.63 Å². The molecule has 0 aliphatic carbocycles. The molecule has 1 N–H and O–H groups in total. The van der Waals surface area contributed by atoms with Crippen LogP contribution in [0.3, 0.4) is 0 Å². The van der Waals surface area contributed by atoms with Crippen LogP contribution in [0.25, 0.3) is 11.4 Å². The number of aromatic nitrogens is 2. The van der Waals surface area contributed by atoms with Gasteiger partial charge in [0.1, 0.15) is 6.10 Å². The number of hydroxylamine groups is 1. The van der Waals surface area contributed by atoms with Crippen LogP contribution in [0.1, 0.15) is 43.4 Å². The number of benzene rings is 2. The average molecular weight is 361 g/mol. The summed E-state index contributed by atoms with van der Waals surface area (Å²) < 4.78 is 0. The van der Waals surface area contributed by atoms with E-state index in [9.17, 15) is 4.79 Å². The molecule has 5 nitrogen and oxygen atoms in total. The largest absolute Gasteiger partial charge is 0.273 e. The van der Waals surface area contributed by atoms with E-state index in [-0.39, 0.29) is 12.0 Å². The smallest absolute Gasteiger partial charge is 0.243 e. The van der Waals surface area contributed by atoms with Gasteiger partial charge in [0, 0.05) is 24.4 Å². The highest BCUT2D eigenvalue weighted by molar-refractivity contribution is 5.74. The number of rotatable bonds is 8. The minimum atomic E-state index is -0.387. The van der Waals surface area contributed by atoms with E-state index in [2.05, 4.69) is 22.4 Å². The number of carbonyl (C=O) groups is 1. The lowest BCUT2D eigenvalue weighted by atomic mass is 10.0. The average Bonchev–Trinajstić information content (AvgIpc) is 2.74. The van der Waals surface area contributed by atoms with Crippen molar-refractivity contribution in [2.24, 2.45) is 0 Å². The first kappa shape index (κ1) is 18.7. The molecule has 1 amide bonds. The van der Waals surface area contributed by atoms with Gasteiger partial charge in [-0.25, -0.2) is 15.4 Å². The second-order valence-corrected chi connectivity index (χ2v) is 6.23. The van der Waals surface area contributed by atoms with Gasteiger partial charge in [0.15, 0.2) is 5.82 Å². The van der Waals surface area contributed by atoms with Crippen LogP contribution >= 0.6 is 0 Å². The van der Waals surface area contributed by atoms with Gasteiger partial charge in [-0.15, -0.1) is 0 Å². The van der Waals surface area contributed by atoms with Gasteiger partial charge in [0.2, 0.25) is 5.91 Å². The fourth-order valence-electron chi connectivity index (χ4n) is 2.72. The molecule has 0 spiro atoms. The summed E-state index contributed by atoms with van der Waals surface area (Å²) in [5.41, 5.74) is 5.44. The summed E-state index contributed by atoms with van der Waals surface area (Å²) in [6, 6.07) is 19.5. The Morgan fingerprint density at radius 3 is 2.30 bits per heavy atom. The number of nitrogens with one attached hydrogen (secondary N) is 1. The van der Waals surface area contributed by atoms with Crippen LogP contribution in [0.2, 0.25) is 0 Å². The molecule has 27 heavy (non-hydrogen) atoms. The highest BCUT2D eigenvalue weighted by Gasteiger charge is 2.17.